The highest BCUT2D eigenvalue weighted by molar-refractivity contribution is 6.04. The zero-order valence-corrected chi connectivity index (χ0v) is 13.0. The fourth-order valence-corrected chi connectivity index (χ4v) is 1.94. The van der Waals surface area contributed by atoms with Crippen molar-refractivity contribution in [3.05, 3.63) is 36.5 Å². The molecule has 5 N–H and O–H groups in total. The number of anilines is 3. The summed E-state index contributed by atoms with van der Waals surface area (Å²) in [6, 6.07) is 2.81. The van der Waals surface area contributed by atoms with Crippen molar-refractivity contribution >= 4 is 23.2 Å². The Morgan fingerprint density at radius 1 is 1.38 bits per heavy atom. The lowest BCUT2D eigenvalue weighted by atomic mass is 10.2. The summed E-state index contributed by atoms with van der Waals surface area (Å²) in [7, 11) is 0. The number of pyridine rings is 1. The summed E-state index contributed by atoms with van der Waals surface area (Å²) in [5.41, 5.74) is 6.16. The van der Waals surface area contributed by atoms with Crippen molar-refractivity contribution in [1.82, 2.24) is 20.2 Å². The molecule has 0 bridgehead atoms. The van der Waals surface area contributed by atoms with E-state index < -0.39 is 18.6 Å². The number of carbonyl (C=O) groups is 1. The van der Waals surface area contributed by atoms with Gasteiger partial charge in [0.2, 0.25) is 5.89 Å². The van der Waals surface area contributed by atoms with Crippen LogP contribution in [0.25, 0.3) is 11.5 Å². The van der Waals surface area contributed by atoms with Crippen LogP contribution in [-0.4, -0.2) is 38.8 Å². The van der Waals surface area contributed by atoms with E-state index in [4.69, 9.17) is 10.2 Å². The van der Waals surface area contributed by atoms with Crippen LogP contribution in [0.3, 0.4) is 0 Å². The Kier molecular flexibility index (Phi) is 4.47. The van der Waals surface area contributed by atoms with E-state index in [1.54, 1.807) is 0 Å². The van der Waals surface area contributed by atoms with Crippen molar-refractivity contribution < 1.29 is 22.4 Å². The van der Waals surface area contributed by atoms with Crippen molar-refractivity contribution in [3.8, 4) is 11.5 Å². The molecule has 0 radical (unpaired) electrons. The van der Waals surface area contributed by atoms with Crippen LogP contribution in [0.15, 0.2) is 35.2 Å². The number of aromatic nitrogens is 4. The van der Waals surface area contributed by atoms with Gasteiger partial charge >= 0.3 is 6.18 Å². The standard InChI is InChI=1S/C14H12F3N7O2/c15-14(16,17)6-20-10-3-7(1-2-19-10)13-23-9(5-26-13)12(25)22-8-4-21-24-11(8)18/h1-5H,6H2,(H,19,20)(H,22,25)(H3,18,21,24). The van der Waals surface area contributed by atoms with Gasteiger partial charge in [0.1, 0.15) is 30.1 Å². The molecule has 3 aromatic rings. The van der Waals surface area contributed by atoms with Crippen molar-refractivity contribution in [2.75, 3.05) is 22.9 Å². The number of carbonyl (C=O) groups excluding carboxylic acids is 1. The van der Waals surface area contributed by atoms with Gasteiger partial charge in [-0.15, -0.1) is 0 Å². The van der Waals surface area contributed by atoms with Crippen LogP contribution in [0.1, 0.15) is 10.5 Å². The second-order valence-corrected chi connectivity index (χ2v) is 5.09. The van der Waals surface area contributed by atoms with Crippen LogP contribution in [0.4, 0.5) is 30.5 Å². The van der Waals surface area contributed by atoms with Gasteiger partial charge < -0.3 is 20.8 Å². The topological polar surface area (TPSA) is 135 Å². The molecule has 0 unspecified atom stereocenters. The van der Waals surface area contributed by atoms with E-state index in [0.29, 0.717) is 5.56 Å². The highest BCUT2D eigenvalue weighted by Gasteiger charge is 2.26. The SMILES string of the molecule is Nc1[nH]ncc1NC(=O)c1coc(-c2ccnc(NCC(F)(F)F)c2)n1. The molecule has 0 aromatic carbocycles. The minimum atomic E-state index is -4.37. The molecule has 0 spiro atoms. The first-order valence-electron chi connectivity index (χ1n) is 7.14. The molecule has 1 amide bonds. The van der Waals surface area contributed by atoms with Crippen LogP contribution >= 0.6 is 0 Å². The zero-order valence-electron chi connectivity index (χ0n) is 13.0. The number of oxazole rings is 1. The number of nitrogen functional groups attached to an aromatic ring is 1. The largest absolute Gasteiger partial charge is 0.444 e. The van der Waals surface area contributed by atoms with E-state index in [9.17, 15) is 18.0 Å². The van der Waals surface area contributed by atoms with Crippen LogP contribution < -0.4 is 16.4 Å². The molecule has 0 aliphatic rings. The minimum Gasteiger partial charge on any atom is -0.444 e. The number of hydrogen-bond donors (Lipinski definition) is 4. The number of rotatable bonds is 5. The Labute approximate surface area is 143 Å². The number of halogens is 3. The Bertz CT molecular complexity index is 919. The first-order valence-corrected chi connectivity index (χ1v) is 7.14. The molecule has 136 valence electrons. The van der Waals surface area contributed by atoms with Gasteiger partial charge in [0, 0.05) is 11.8 Å². The predicted molar refractivity (Wildman–Crippen MR) is 85.2 cm³/mol. The summed E-state index contributed by atoms with van der Waals surface area (Å²) in [6.45, 7) is -1.23. The van der Waals surface area contributed by atoms with E-state index in [1.807, 2.05) is 0 Å². The number of aromatic amines is 1. The molecule has 0 aliphatic carbocycles. The summed E-state index contributed by atoms with van der Waals surface area (Å²) < 4.78 is 42.0. The molecule has 0 saturated carbocycles. The molecule has 0 fully saturated rings. The molecule has 12 heteroatoms. The highest BCUT2D eigenvalue weighted by atomic mass is 19.4. The van der Waals surface area contributed by atoms with Gasteiger partial charge in [-0.3, -0.25) is 9.89 Å². The predicted octanol–water partition coefficient (Wildman–Crippen LogP) is 2.27. The molecule has 0 atom stereocenters. The number of nitrogens with zero attached hydrogens (tertiary/aromatic N) is 3. The van der Waals surface area contributed by atoms with E-state index in [-0.39, 0.29) is 28.9 Å². The van der Waals surface area contributed by atoms with Crippen LogP contribution in [0.2, 0.25) is 0 Å². The summed E-state index contributed by atoms with van der Waals surface area (Å²) in [5, 5.41) is 10.8. The third-order valence-corrected chi connectivity index (χ3v) is 3.13. The second-order valence-electron chi connectivity index (χ2n) is 5.09. The fraction of sp³-hybridized carbons (Fsp3) is 0.143. The number of H-pyrrole nitrogens is 1. The summed E-state index contributed by atoms with van der Waals surface area (Å²) >= 11 is 0. The molecule has 9 nitrogen and oxygen atoms in total. The second kappa shape index (κ2) is 6.74. The normalized spacial score (nSPS) is 11.3. The minimum absolute atomic E-state index is 0.00445. The van der Waals surface area contributed by atoms with Crippen molar-refractivity contribution in [2.24, 2.45) is 0 Å². The maximum absolute atomic E-state index is 12.3. The number of alkyl halides is 3. The fourth-order valence-electron chi connectivity index (χ4n) is 1.94. The molecule has 0 aliphatic heterocycles. The average Bonchev–Trinajstić information content (AvgIpc) is 3.23. The maximum Gasteiger partial charge on any atom is 0.405 e. The van der Waals surface area contributed by atoms with E-state index >= 15 is 0 Å². The average molecular weight is 367 g/mol. The van der Waals surface area contributed by atoms with Gasteiger partial charge in [0.05, 0.1) is 6.20 Å². The zero-order chi connectivity index (χ0) is 18.7. The third-order valence-electron chi connectivity index (χ3n) is 3.13. The van der Waals surface area contributed by atoms with Gasteiger partial charge in [0.25, 0.3) is 5.91 Å². The Hall–Kier alpha value is -3.57. The first-order chi connectivity index (χ1) is 12.3. The quantitative estimate of drug-likeness (QED) is 0.543. The van der Waals surface area contributed by atoms with Gasteiger partial charge in [0.15, 0.2) is 5.69 Å². The first kappa shape index (κ1) is 17.3. The number of amides is 1. The summed E-state index contributed by atoms with van der Waals surface area (Å²) in [5.74, 6) is -0.364. The Morgan fingerprint density at radius 3 is 2.88 bits per heavy atom. The summed E-state index contributed by atoms with van der Waals surface area (Å²) in [6.07, 6.45) is -0.634. The third kappa shape index (κ3) is 4.09. The highest BCUT2D eigenvalue weighted by Crippen LogP contribution is 2.23. The molecule has 3 aromatic heterocycles. The monoisotopic (exact) mass is 367 g/mol. The number of hydrogen-bond acceptors (Lipinski definition) is 7. The lowest BCUT2D eigenvalue weighted by Crippen LogP contribution is -2.21. The molecule has 0 saturated heterocycles. The van der Waals surface area contributed by atoms with Gasteiger partial charge in [-0.2, -0.15) is 18.3 Å². The van der Waals surface area contributed by atoms with E-state index in [0.717, 1.165) is 6.26 Å². The molecule has 3 rings (SSSR count). The summed E-state index contributed by atoms with van der Waals surface area (Å²) in [4.78, 5) is 19.9. The number of nitrogens with two attached hydrogens (primary N) is 1. The van der Waals surface area contributed by atoms with Crippen LogP contribution in [-0.2, 0) is 0 Å². The Morgan fingerprint density at radius 2 is 2.19 bits per heavy atom. The lowest BCUT2D eigenvalue weighted by Gasteiger charge is -2.08. The van der Waals surface area contributed by atoms with E-state index in [1.165, 1.54) is 24.5 Å². The Balaban J connectivity index is 1.73. The van der Waals surface area contributed by atoms with Crippen LogP contribution in [0, 0.1) is 0 Å². The van der Waals surface area contributed by atoms with Gasteiger partial charge in [-0.05, 0) is 12.1 Å². The van der Waals surface area contributed by atoms with Crippen molar-refractivity contribution in [1.29, 1.82) is 0 Å². The lowest BCUT2D eigenvalue weighted by molar-refractivity contribution is -0.115. The molecule has 3 heterocycles. The smallest absolute Gasteiger partial charge is 0.405 e. The molecular weight excluding hydrogens is 355 g/mol. The van der Waals surface area contributed by atoms with Gasteiger partial charge in [-0.1, -0.05) is 0 Å². The number of nitrogens with one attached hydrogen (secondary N) is 3. The molecule has 26 heavy (non-hydrogen) atoms. The van der Waals surface area contributed by atoms with E-state index in [2.05, 4.69) is 30.8 Å². The van der Waals surface area contributed by atoms with Crippen molar-refractivity contribution in [2.45, 2.75) is 6.18 Å². The van der Waals surface area contributed by atoms with Crippen LogP contribution in [0.5, 0.6) is 0 Å². The molecular formula is C14H12F3N7O2. The maximum atomic E-state index is 12.3. The van der Waals surface area contributed by atoms with Gasteiger partial charge in [-0.25, -0.2) is 9.97 Å². The van der Waals surface area contributed by atoms with Crippen molar-refractivity contribution in [3.63, 3.8) is 0 Å².